The molecule has 1 aromatic rings. The summed E-state index contributed by atoms with van der Waals surface area (Å²) in [5.41, 5.74) is 6.25. The molecule has 0 amide bonds. The van der Waals surface area contributed by atoms with Crippen LogP contribution in [-0.4, -0.2) is 23.5 Å². The number of thiophene rings is 1. The first-order chi connectivity index (χ1) is 7.30. The van der Waals surface area contributed by atoms with Gasteiger partial charge in [-0.15, -0.1) is 11.3 Å². The SMILES string of the molecule is CCN(Cc1cccs1)C1(CN)CCC1. The average molecular weight is 224 g/mol. The second-order valence-corrected chi connectivity index (χ2v) is 5.41. The van der Waals surface area contributed by atoms with Crippen LogP contribution in [0, 0.1) is 0 Å². The van der Waals surface area contributed by atoms with Gasteiger partial charge in [-0.25, -0.2) is 0 Å². The minimum atomic E-state index is 0.318. The van der Waals surface area contributed by atoms with Gasteiger partial charge in [-0.2, -0.15) is 0 Å². The van der Waals surface area contributed by atoms with Crippen molar-refractivity contribution < 1.29 is 0 Å². The van der Waals surface area contributed by atoms with Crippen LogP contribution in [0.4, 0.5) is 0 Å². The van der Waals surface area contributed by atoms with Crippen molar-refractivity contribution in [1.82, 2.24) is 4.90 Å². The summed E-state index contributed by atoms with van der Waals surface area (Å²) in [5.74, 6) is 0. The van der Waals surface area contributed by atoms with E-state index >= 15 is 0 Å². The van der Waals surface area contributed by atoms with E-state index in [1.54, 1.807) is 0 Å². The third-order valence-corrected chi connectivity index (χ3v) is 4.50. The van der Waals surface area contributed by atoms with E-state index in [1.165, 1.54) is 24.1 Å². The first-order valence-corrected chi connectivity index (χ1v) is 6.66. The standard InChI is InChI=1S/C12H20N2S/c1-2-14(9-11-5-3-8-15-11)12(10-13)6-4-7-12/h3,5,8H,2,4,6-7,9-10,13H2,1H3. The molecule has 0 bridgehead atoms. The molecule has 0 spiro atoms. The normalized spacial score (nSPS) is 19.1. The van der Waals surface area contributed by atoms with Crippen LogP contribution in [-0.2, 0) is 6.54 Å². The fraction of sp³-hybridized carbons (Fsp3) is 0.667. The largest absolute Gasteiger partial charge is 0.329 e. The molecule has 1 aliphatic carbocycles. The molecule has 0 saturated heterocycles. The summed E-state index contributed by atoms with van der Waals surface area (Å²) in [6, 6.07) is 4.35. The Balaban J connectivity index is 2.03. The zero-order valence-corrected chi connectivity index (χ0v) is 10.2. The molecule has 2 N–H and O–H groups in total. The van der Waals surface area contributed by atoms with Gasteiger partial charge >= 0.3 is 0 Å². The zero-order chi connectivity index (χ0) is 10.7. The highest BCUT2D eigenvalue weighted by Crippen LogP contribution is 2.37. The lowest BCUT2D eigenvalue weighted by Gasteiger charge is -2.49. The van der Waals surface area contributed by atoms with Crippen LogP contribution >= 0.6 is 11.3 Å². The molecule has 3 heteroatoms. The van der Waals surface area contributed by atoms with Gasteiger partial charge in [0.25, 0.3) is 0 Å². The van der Waals surface area contributed by atoms with E-state index in [2.05, 4.69) is 29.3 Å². The Morgan fingerprint density at radius 2 is 2.33 bits per heavy atom. The molecule has 0 radical (unpaired) electrons. The van der Waals surface area contributed by atoms with E-state index in [-0.39, 0.29) is 0 Å². The minimum absolute atomic E-state index is 0.318. The average Bonchev–Trinajstić information content (AvgIpc) is 2.68. The maximum Gasteiger partial charge on any atom is 0.0335 e. The van der Waals surface area contributed by atoms with E-state index < -0.39 is 0 Å². The summed E-state index contributed by atoms with van der Waals surface area (Å²) in [7, 11) is 0. The fourth-order valence-electron chi connectivity index (χ4n) is 2.44. The van der Waals surface area contributed by atoms with Crippen molar-refractivity contribution in [2.45, 2.75) is 38.3 Å². The topological polar surface area (TPSA) is 29.3 Å². The zero-order valence-electron chi connectivity index (χ0n) is 9.41. The number of nitrogens with two attached hydrogens (primary N) is 1. The Hall–Kier alpha value is -0.380. The Labute approximate surface area is 96.1 Å². The predicted molar refractivity (Wildman–Crippen MR) is 66.0 cm³/mol. The lowest BCUT2D eigenvalue weighted by molar-refractivity contribution is 0.0216. The number of likely N-dealkylation sites (N-methyl/N-ethyl adjacent to an activating group) is 1. The van der Waals surface area contributed by atoms with E-state index in [9.17, 15) is 0 Å². The third-order valence-electron chi connectivity index (χ3n) is 3.64. The number of hydrogen-bond acceptors (Lipinski definition) is 3. The van der Waals surface area contributed by atoms with Crippen LogP contribution in [0.3, 0.4) is 0 Å². The summed E-state index contributed by atoms with van der Waals surface area (Å²) in [4.78, 5) is 4.01. The molecule has 15 heavy (non-hydrogen) atoms. The maximum absolute atomic E-state index is 5.94. The third kappa shape index (κ3) is 2.10. The number of rotatable bonds is 5. The Bertz CT molecular complexity index is 285. The van der Waals surface area contributed by atoms with Crippen molar-refractivity contribution in [2.75, 3.05) is 13.1 Å². The highest BCUT2D eigenvalue weighted by atomic mass is 32.1. The van der Waals surface area contributed by atoms with Crippen molar-refractivity contribution in [3.63, 3.8) is 0 Å². The second-order valence-electron chi connectivity index (χ2n) is 4.38. The van der Waals surface area contributed by atoms with Crippen LogP contribution in [0.15, 0.2) is 17.5 Å². The van der Waals surface area contributed by atoms with Gasteiger partial charge in [-0.05, 0) is 37.3 Å². The first kappa shape index (κ1) is 11.1. The lowest BCUT2D eigenvalue weighted by atomic mass is 9.75. The molecule has 84 valence electrons. The van der Waals surface area contributed by atoms with E-state index in [4.69, 9.17) is 5.73 Å². The maximum atomic E-state index is 5.94. The molecular formula is C12H20N2S. The summed E-state index contributed by atoms with van der Waals surface area (Å²) in [5, 5.41) is 2.15. The van der Waals surface area contributed by atoms with Gasteiger partial charge in [-0.1, -0.05) is 13.0 Å². The predicted octanol–water partition coefficient (Wildman–Crippen LogP) is 2.45. The highest BCUT2D eigenvalue weighted by Gasteiger charge is 2.40. The van der Waals surface area contributed by atoms with Crippen molar-refractivity contribution in [3.8, 4) is 0 Å². The molecule has 1 aromatic heterocycles. The Morgan fingerprint density at radius 3 is 2.73 bits per heavy atom. The van der Waals surface area contributed by atoms with Crippen LogP contribution in [0.25, 0.3) is 0 Å². The molecule has 0 aromatic carbocycles. The van der Waals surface area contributed by atoms with Crippen molar-refractivity contribution in [3.05, 3.63) is 22.4 Å². The van der Waals surface area contributed by atoms with Crippen LogP contribution in [0.5, 0.6) is 0 Å². The molecular weight excluding hydrogens is 204 g/mol. The van der Waals surface area contributed by atoms with Crippen molar-refractivity contribution >= 4 is 11.3 Å². The summed E-state index contributed by atoms with van der Waals surface area (Å²) >= 11 is 1.85. The summed E-state index contributed by atoms with van der Waals surface area (Å²) in [6.07, 6.45) is 3.91. The smallest absolute Gasteiger partial charge is 0.0335 e. The minimum Gasteiger partial charge on any atom is -0.329 e. The monoisotopic (exact) mass is 224 g/mol. The van der Waals surface area contributed by atoms with Crippen LogP contribution < -0.4 is 5.73 Å². The number of hydrogen-bond donors (Lipinski definition) is 1. The van der Waals surface area contributed by atoms with Gasteiger partial charge in [0.05, 0.1) is 0 Å². The summed E-state index contributed by atoms with van der Waals surface area (Å²) < 4.78 is 0. The Morgan fingerprint density at radius 1 is 1.53 bits per heavy atom. The summed E-state index contributed by atoms with van der Waals surface area (Å²) in [6.45, 7) is 5.23. The Kier molecular flexibility index (Phi) is 3.44. The van der Waals surface area contributed by atoms with Crippen LogP contribution in [0.2, 0.25) is 0 Å². The van der Waals surface area contributed by atoms with E-state index in [1.807, 2.05) is 11.3 Å². The molecule has 2 rings (SSSR count). The molecule has 1 heterocycles. The second kappa shape index (κ2) is 4.64. The molecule has 0 unspecified atom stereocenters. The fourth-order valence-corrected chi connectivity index (χ4v) is 3.16. The van der Waals surface area contributed by atoms with Gasteiger partial charge in [0.1, 0.15) is 0 Å². The van der Waals surface area contributed by atoms with Gasteiger partial charge < -0.3 is 5.73 Å². The molecule has 0 aliphatic heterocycles. The molecule has 0 atom stereocenters. The van der Waals surface area contributed by atoms with Gasteiger partial charge in [0, 0.05) is 23.5 Å². The van der Waals surface area contributed by atoms with E-state index in [0.29, 0.717) is 5.54 Å². The van der Waals surface area contributed by atoms with Gasteiger partial charge in [0.15, 0.2) is 0 Å². The van der Waals surface area contributed by atoms with Gasteiger partial charge in [-0.3, -0.25) is 4.90 Å². The van der Waals surface area contributed by atoms with Crippen LogP contribution in [0.1, 0.15) is 31.1 Å². The molecule has 1 aliphatic rings. The molecule has 2 nitrogen and oxygen atoms in total. The molecule has 1 saturated carbocycles. The van der Waals surface area contributed by atoms with E-state index in [0.717, 1.165) is 19.6 Å². The molecule has 1 fully saturated rings. The number of nitrogens with zero attached hydrogens (tertiary/aromatic N) is 1. The highest BCUT2D eigenvalue weighted by molar-refractivity contribution is 7.09. The first-order valence-electron chi connectivity index (χ1n) is 5.78. The lowest BCUT2D eigenvalue weighted by Crippen LogP contribution is -2.57. The van der Waals surface area contributed by atoms with Crippen molar-refractivity contribution in [2.24, 2.45) is 5.73 Å². The quantitative estimate of drug-likeness (QED) is 0.832. The van der Waals surface area contributed by atoms with Crippen molar-refractivity contribution in [1.29, 1.82) is 0 Å². The van der Waals surface area contributed by atoms with Gasteiger partial charge in [0.2, 0.25) is 0 Å².